The highest BCUT2D eigenvalue weighted by Gasteiger charge is 2.40. The molecule has 8 bridgehead atoms. The number of carbonyl (C=O) groups excluding carboxylic acids is 2. The second-order valence-electron chi connectivity index (χ2n) is 14.5. The van der Waals surface area contributed by atoms with Gasteiger partial charge in [0.25, 0.3) is 0 Å². The second-order valence-corrected chi connectivity index (χ2v) is 14.5. The van der Waals surface area contributed by atoms with E-state index in [1.54, 1.807) is 13.8 Å². The molecule has 0 aromatic heterocycles. The van der Waals surface area contributed by atoms with E-state index < -0.39 is 0 Å². The average molecular weight is 719 g/mol. The maximum Gasteiger partial charge on any atom is 0.219 e. The zero-order valence-corrected chi connectivity index (χ0v) is 30.9. The normalized spacial score (nSPS) is 18.8. The minimum atomic E-state index is -0.374. The van der Waals surface area contributed by atoms with Crippen LogP contribution in [0.2, 0.25) is 0 Å². The van der Waals surface area contributed by atoms with Crippen molar-refractivity contribution < 1.29 is 33.6 Å². The van der Waals surface area contributed by atoms with Crippen LogP contribution in [0, 0.1) is 0 Å². The molecule has 0 saturated carbocycles. The van der Waals surface area contributed by atoms with Gasteiger partial charge in [-0.3, -0.25) is 9.59 Å². The second kappa shape index (κ2) is 15.8. The van der Waals surface area contributed by atoms with Crippen molar-refractivity contribution in [2.45, 2.75) is 63.2 Å². The third kappa shape index (κ3) is 7.80. The molecule has 13 rings (SSSR count). The number of phenolic OH excluding ortho intramolecular Hbond substituents is 1. The lowest BCUT2D eigenvalue weighted by Crippen LogP contribution is -2.45. The molecule has 4 aromatic rings. The van der Waals surface area contributed by atoms with Gasteiger partial charge in [0.2, 0.25) is 11.8 Å². The van der Waals surface area contributed by atoms with Crippen LogP contribution in [0.25, 0.3) is 0 Å². The van der Waals surface area contributed by atoms with Gasteiger partial charge in [-0.1, -0.05) is 42.5 Å². The number of benzene rings is 4. The number of rotatable bonds is 0. The molecule has 278 valence electrons. The first-order valence-electron chi connectivity index (χ1n) is 18.9. The standard InChI is InChI=1S/C44H50N2O7/c1-32(47)45-23-19-43(20-24-45)34-5-12-38(13-6-34)50-27-3-28-51-40-16-9-36(10-17-40)44(21-25-46(26-22-44)33(2)48)37-11-18-42(41(49)31-37)53-30-4-29-52-39-14-7-35(43)8-15-39/h5-18,31,49H,3-4,19-30H2,1-2H3. The highest BCUT2D eigenvalue weighted by molar-refractivity contribution is 5.74. The molecule has 9 nitrogen and oxygen atoms in total. The summed E-state index contributed by atoms with van der Waals surface area (Å²) in [6.45, 7) is 7.84. The lowest BCUT2D eigenvalue weighted by Gasteiger charge is -2.42. The first-order chi connectivity index (χ1) is 25.8. The van der Waals surface area contributed by atoms with Crippen molar-refractivity contribution in [1.82, 2.24) is 9.80 Å². The Morgan fingerprint density at radius 2 is 0.849 bits per heavy atom. The summed E-state index contributed by atoms with van der Waals surface area (Å²) >= 11 is 0. The molecule has 9 heteroatoms. The molecule has 2 fully saturated rings. The number of ether oxygens (including phenoxy) is 4. The van der Waals surface area contributed by atoms with Gasteiger partial charge in [-0.15, -0.1) is 0 Å². The number of nitrogens with zero attached hydrogens (tertiary/aromatic N) is 2. The highest BCUT2D eigenvalue weighted by atomic mass is 16.5. The average Bonchev–Trinajstić information content (AvgIpc) is 3.18. The smallest absolute Gasteiger partial charge is 0.219 e. The maximum atomic E-state index is 12.2. The van der Waals surface area contributed by atoms with Crippen molar-refractivity contribution in [3.05, 3.63) is 113 Å². The molecular formula is C44H50N2O7. The lowest BCUT2D eigenvalue weighted by atomic mass is 9.68. The van der Waals surface area contributed by atoms with Gasteiger partial charge in [0, 0.05) is 63.7 Å². The van der Waals surface area contributed by atoms with E-state index in [0.29, 0.717) is 64.8 Å². The van der Waals surface area contributed by atoms with Gasteiger partial charge in [0.15, 0.2) is 11.5 Å². The van der Waals surface area contributed by atoms with Gasteiger partial charge in [-0.05, 0) is 96.5 Å². The van der Waals surface area contributed by atoms with Crippen molar-refractivity contribution >= 4 is 11.8 Å². The number of amides is 2. The van der Waals surface area contributed by atoms with Crippen molar-refractivity contribution in [2.24, 2.45) is 0 Å². The predicted octanol–water partition coefficient (Wildman–Crippen LogP) is 7.26. The molecule has 9 aliphatic rings. The van der Waals surface area contributed by atoms with Gasteiger partial charge in [0.1, 0.15) is 17.2 Å². The molecular weight excluding hydrogens is 668 g/mol. The first-order valence-corrected chi connectivity index (χ1v) is 18.9. The Kier molecular flexibility index (Phi) is 10.8. The molecule has 4 aromatic carbocycles. The summed E-state index contributed by atoms with van der Waals surface area (Å²) in [5, 5.41) is 11.1. The van der Waals surface area contributed by atoms with Crippen molar-refractivity contribution in [1.29, 1.82) is 0 Å². The molecule has 2 amide bonds. The summed E-state index contributed by atoms with van der Waals surface area (Å²) in [5.74, 6) is 3.11. The number of hydrogen-bond acceptors (Lipinski definition) is 7. The molecule has 9 aliphatic heterocycles. The van der Waals surface area contributed by atoms with Gasteiger partial charge in [0.05, 0.1) is 26.4 Å². The zero-order valence-electron chi connectivity index (χ0n) is 30.9. The topological polar surface area (TPSA) is 97.8 Å². The molecule has 2 saturated heterocycles. The van der Waals surface area contributed by atoms with Crippen LogP contribution in [0.4, 0.5) is 0 Å². The Morgan fingerprint density at radius 3 is 1.21 bits per heavy atom. The van der Waals surface area contributed by atoms with E-state index in [1.165, 1.54) is 11.1 Å². The third-order valence-electron chi connectivity index (χ3n) is 11.5. The van der Waals surface area contributed by atoms with Crippen LogP contribution >= 0.6 is 0 Å². The van der Waals surface area contributed by atoms with E-state index in [4.69, 9.17) is 18.9 Å². The largest absolute Gasteiger partial charge is 0.504 e. The summed E-state index contributed by atoms with van der Waals surface area (Å²) in [7, 11) is 0. The van der Waals surface area contributed by atoms with Gasteiger partial charge < -0.3 is 33.9 Å². The fourth-order valence-electron chi connectivity index (χ4n) is 8.31. The summed E-state index contributed by atoms with van der Waals surface area (Å²) in [6, 6.07) is 30.7. The number of carbonyl (C=O) groups is 2. The van der Waals surface area contributed by atoms with E-state index in [-0.39, 0.29) is 28.4 Å². The highest BCUT2D eigenvalue weighted by Crippen LogP contribution is 2.45. The quantitative estimate of drug-likeness (QED) is 0.205. The predicted molar refractivity (Wildman–Crippen MR) is 203 cm³/mol. The van der Waals surface area contributed by atoms with E-state index in [9.17, 15) is 14.7 Å². The summed E-state index contributed by atoms with van der Waals surface area (Å²) in [5.41, 5.74) is 3.93. The van der Waals surface area contributed by atoms with E-state index in [2.05, 4.69) is 36.4 Å². The molecule has 0 radical (unpaired) electrons. The molecule has 9 heterocycles. The van der Waals surface area contributed by atoms with Crippen molar-refractivity contribution in [3.63, 3.8) is 0 Å². The van der Waals surface area contributed by atoms with Crippen LogP contribution < -0.4 is 18.9 Å². The molecule has 0 atom stereocenters. The fourth-order valence-corrected chi connectivity index (χ4v) is 8.31. The van der Waals surface area contributed by atoms with E-state index >= 15 is 0 Å². The van der Waals surface area contributed by atoms with Crippen molar-refractivity contribution in [3.8, 4) is 28.7 Å². The van der Waals surface area contributed by atoms with Crippen LogP contribution in [0.5, 0.6) is 28.7 Å². The van der Waals surface area contributed by atoms with Crippen LogP contribution in [0.15, 0.2) is 91.0 Å². The third-order valence-corrected chi connectivity index (χ3v) is 11.5. The number of piperidine rings is 2. The van der Waals surface area contributed by atoms with Crippen molar-refractivity contribution in [2.75, 3.05) is 52.6 Å². The Bertz CT molecular complexity index is 1860. The fraction of sp³-hybridized carbons (Fsp3) is 0.409. The minimum Gasteiger partial charge on any atom is -0.504 e. The molecule has 53 heavy (non-hydrogen) atoms. The van der Waals surface area contributed by atoms with Gasteiger partial charge >= 0.3 is 0 Å². The summed E-state index contributed by atoms with van der Waals surface area (Å²) in [4.78, 5) is 28.2. The SMILES string of the molecule is CC(=O)N1CCC2(CC1)c1ccc(cc1)OCCCOc1ccc(cc1)C1(CCN(C(C)=O)CC1)c1ccc(c(O)c1)OCCCOc1ccc2cc1. The monoisotopic (exact) mass is 718 g/mol. The Hall–Kier alpha value is -5.18. The zero-order chi connectivity index (χ0) is 36.8. The number of likely N-dealkylation sites (tertiary alicyclic amines) is 2. The van der Waals surface area contributed by atoms with Gasteiger partial charge in [-0.25, -0.2) is 0 Å². The molecule has 0 aliphatic carbocycles. The first kappa shape index (κ1) is 36.2. The minimum absolute atomic E-state index is 0.0789. The van der Waals surface area contributed by atoms with Crippen LogP contribution in [0.1, 0.15) is 74.6 Å². The molecule has 0 unspecified atom stereocenters. The van der Waals surface area contributed by atoms with Crippen LogP contribution in [-0.2, 0) is 20.4 Å². The molecule has 1 N–H and O–H groups in total. The number of hydrogen-bond donors (Lipinski definition) is 1. The number of aromatic hydroxyl groups is 1. The Labute approximate surface area is 312 Å². The van der Waals surface area contributed by atoms with Gasteiger partial charge in [-0.2, -0.15) is 0 Å². The lowest BCUT2D eigenvalue weighted by molar-refractivity contribution is -0.131. The summed E-state index contributed by atoms with van der Waals surface area (Å²) < 4.78 is 24.4. The maximum absolute atomic E-state index is 12.2. The van der Waals surface area contributed by atoms with Crippen LogP contribution in [0.3, 0.4) is 0 Å². The van der Waals surface area contributed by atoms with E-state index in [1.807, 2.05) is 64.4 Å². The van der Waals surface area contributed by atoms with Crippen LogP contribution in [-0.4, -0.2) is 79.3 Å². The Morgan fingerprint density at radius 1 is 0.509 bits per heavy atom. The number of phenols is 1. The Balaban J connectivity index is 1.12. The summed E-state index contributed by atoms with van der Waals surface area (Å²) in [6.07, 6.45) is 4.50. The van der Waals surface area contributed by atoms with E-state index in [0.717, 1.165) is 60.5 Å². The molecule has 2 spiro atoms.